The number of esters is 1. The highest BCUT2D eigenvalue weighted by Gasteiger charge is 2.27. The number of carbonyl (C=O) groups is 2. The van der Waals surface area contributed by atoms with Crippen LogP contribution in [0, 0.1) is 11.8 Å². The number of anilines is 1. The molecule has 1 aromatic heterocycles. The highest BCUT2D eigenvalue weighted by atomic mass is 16.5. The summed E-state index contributed by atoms with van der Waals surface area (Å²) in [4.78, 5) is 36.8. The van der Waals surface area contributed by atoms with Crippen LogP contribution in [0.3, 0.4) is 0 Å². The van der Waals surface area contributed by atoms with E-state index in [0.717, 1.165) is 25.7 Å². The quantitative estimate of drug-likeness (QED) is 0.637. The van der Waals surface area contributed by atoms with Crippen LogP contribution in [0.15, 0.2) is 53.3 Å². The lowest BCUT2D eigenvalue weighted by Crippen LogP contribution is -2.32. The van der Waals surface area contributed by atoms with E-state index in [-0.39, 0.29) is 23.3 Å². The van der Waals surface area contributed by atoms with Gasteiger partial charge >= 0.3 is 5.97 Å². The van der Waals surface area contributed by atoms with Gasteiger partial charge in [0.15, 0.2) is 0 Å². The van der Waals surface area contributed by atoms with E-state index in [9.17, 15) is 14.4 Å². The van der Waals surface area contributed by atoms with Gasteiger partial charge in [0.25, 0.3) is 5.56 Å². The molecule has 0 radical (unpaired) electrons. The maximum atomic E-state index is 12.6. The fraction of sp³-hybridized carbons (Fsp3) is 0.348. The highest BCUT2D eigenvalue weighted by molar-refractivity contribution is 5.94. The fourth-order valence-electron chi connectivity index (χ4n) is 4.05. The molecule has 1 N–H and O–H groups in total. The molecular weight excluding hydrogens is 396 g/mol. The van der Waals surface area contributed by atoms with Crippen LogP contribution in [0.4, 0.5) is 5.69 Å². The first-order chi connectivity index (χ1) is 15.0. The minimum absolute atomic E-state index is 0.0214. The van der Waals surface area contributed by atoms with Crippen molar-refractivity contribution in [1.82, 2.24) is 15.0 Å². The molecule has 160 valence electrons. The lowest BCUT2D eigenvalue weighted by atomic mass is 9.81. The normalized spacial score (nSPS) is 18.5. The molecule has 1 amide bonds. The van der Waals surface area contributed by atoms with Crippen molar-refractivity contribution in [1.29, 1.82) is 0 Å². The number of hydrogen-bond donors (Lipinski definition) is 1. The average molecular weight is 420 g/mol. The summed E-state index contributed by atoms with van der Waals surface area (Å²) in [5, 5.41) is 11.7. The predicted octanol–water partition coefficient (Wildman–Crippen LogP) is 3.02. The van der Waals surface area contributed by atoms with Crippen molar-refractivity contribution in [3.8, 4) is 0 Å². The molecular formula is C23H24N4O4. The number of fused-ring (bicyclic) bond motifs is 1. The molecule has 0 aliphatic heterocycles. The van der Waals surface area contributed by atoms with Crippen LogP contribution in [0.1, 0.15) is 36.0 Å². The second kappa shape index (κ2) is 9.07. The molecule has 0 bridgehead atoms. The molecule has 8 heteroatoms. The highest BCUT2D eigenvalue weighted by Crippen LogP contribution is 2.30. The maximum Gasteiger partial charge on any atom is 0.337 e. The molecule has 0 unspecified atom stereocenters. The van der Waals surface area contributed by atoms with E-state index in [4.69, 9.17) is 0 Å². The zero-order chi connectivity index (χ0) is 21.8. The van der Waals surface area contributed by atoms with Crippen LogP contribution >= 0.6 is 0 Å². The lowest BCUT2D eigenvalue weighted by molar-refractivity contribution is -0.121. The molecule has 0 atom stereocenters. The van der Waals surface area contributed by atoms with Crippen LogP contribution in [-0.4, -0.2) is 34.0 Å². The number of nitrogens with zero attached hydrogens (tertiary/aromatic N) is 3. The van der Waals surface area contributed by atoms with Gasteiger partial charge in [0, 0.05) is 18.2 Å². The van der Waals surface area contributed by atoms with E-state index in [2.05, 4.69) is 20.4 Å². The summed E-state index contributed by atoms with van der Waals surface area (Å²) in [5.41, 5.74) is 1.57. The first-order valence-electron chi connectivity index (χ1n) is 10.4. The third-order valence-electron chi connectivity index (χ3n) is 5.85. The largest absolute Gasteiger partial charge is 0.465 e. The van der Waals surface area contributed by atoms with Crippen molar-refractivity contribution in [2.75, 3.05) is 12.4 Å². The van der Waals surface area contributed by atoms with E-state index >= 15 is 0 Å². The smallest absolute Gasteiger partial charge is 0.337 e. The average Bonchev–Trinajstić information content (AvgIpc) is 2.81. The number of nitrogens with one attached hydrogen (secondary N) is 1. The molecule has 1 aliphatic carbocycles. The van der Waals surface area contributed by atoms with E-state index in [1.54, 1.807) is 36.4 Å². The Kier molecular flexibility index (Phi) is 6.06. The van der Waals surface area contributed by atoms with Crippen LogP contribution in [0.5, 0.6) is 0 Å². The zero-order valence-electron chi connectivity index (χ0n) is 17.3. The number of amides is 1. The van der Waals surface area contributed by atoms with Crippen LogP contribution < -0.4 is 10.9 Å². The molecule has 2 aromatic carbocycles. The van der Waals surface area contributed by atoms with Crippen molar-refractivity contribution in [3.05, 3.63) is 64.4 Å². The van der Waals surface area contributed by atoms with Gasteiger partial charge in [-0.25, -0.2) is 9.48 Å². The first kappa shape index (κ1) is 20.7. The van der Waals surface area contributed by atoms with Crippen molar-refractivity contribution in [3.63, 3.8) is 0 Å². The summed E-state index contributed by atoms with van der Waals surface area (Å²) < 4.78 is 6.12. The van der Waals surface area contributed by atoms with Gasteiger partial charge < -0.3 is 10.1 Å². The second-order valence-electron chi connectivity index (χ2n) is 7.87. The van der Waals surface area contributed by atoms with Gasteiger partial charge in [-0.3, -0.25) is 9.59 Å². The molecule has 0 spiro atoms. The molecule has 1 fully saturated rings. The molecule has 31 heavy (non-hydrogen) atoms. The van der Waals surface area contributed by atoms with Crippen molar-refractivity contribution >= 4 is 28.5 Å². The van der Waals surface area contributed by atoms with Crippen LogP contribution in [0.2, 0.25) is 0 Å². The van der Waals surface area contributed by atoms with E-state index in [1.807, 2.05) is 12.1 Å². The Balaban J connectivity index is 1.32. The number of carbonyl (C=O) groups excluding carboxylic acids is 2. The van der Waals surface area contributed by atoms with E-state index in [0.29, 0.717) is 28.7 Å². The first-order valence-corrected chi connectivity index (χ1v) is 10.4. The standard InChI is InChI=1S/C23H24N4O4/c1-31-23(30)17-10-12-18(13-11-17)24-21(28)16-8-6-15(7-9-16)14-27-22(29)19-4-2-3-5-20(19)25-26-27/h2-5,10-13,15-16H,6-9,14H2,1H3,(H,24,28). The van der Waals surface area contributed by atoms with Gasteiger partial charge in [0.05, 0.1) is 18.1 Å². The molecule has 8 nitrogen and oxygen atoms in total. The number of rotatable bonds is 5. The predicted molar refractivity (Wildman–Crippen MR) is 116 cm³/mol. The Bertz CT molecular complexity index is 1150. The molecule has 1 aliphatic rings. The van der Waals surface area contributed by atoms with E-state index in [1.165, 1.54) is 11.8 Å². The van der Waals surface area contributed by atoms with Crippen LogP contribution in [0.25, 0.3) is 10.9 Å². The molecule has 4 rings (SSSR count). The van der Waals surface area contributed by atoms with Gasteiger partial charge in [0.2, 0.25) is 5.91 Å². The molecule has 0 saturated heterocycles. The minimum atomic E-state index is -0.411. The Morgan fingerprint density at radius 1 is 1.06 bits per heavy atom. The Hall–Kier alpha value is -3.55. The van der Waals surface area contributed by atoms with Gasteiger partial charge in [-0.15, -0.1) is 5.10 Å². The number of ether oxygens (including phenoxy) is 1. The third-order valence-corrected chi connectivity index (χ3v) is 5.85. The lowest BCUT2D eigenvalue weighted by Gasteiger charge is -2.27. The Labute approximate surface area is 179 Å². The van der Waals surface area contributed by atoms with E-state index < -0.39 is 5.97 Å². The van der Waals surface area contributed by atoms with Gasteiger partial charge in [0.1, 0.15) is 5.52 Å². The third kappa shape index (κ3) is 4.63. The van der Waals surface area contributed by atoms with Gasteiger partial charge in [-0.2, -0.15) is 0 Å². The summed E-state index contributed by atoms with van der Waals surface area (Å²) >= 11 is 0. The van der Waals surface area contributed by atoms with Gasteiger partial charge in [-0.1, -0.05) is 17.3 Å². The van der Waals surface area contributed by atoms with Crippen LogP contribution in [-0.2, 0) is 16.1 Å². The SMILES string of the molecule is COC(=O)c1ccc(NC(=O)C2CCC(Cn3nnc4ccccc4c3=O)CC2)cc1. The zero-order valence-corrected chi connectivity index (χ0v) is 17.3. The molecule has 3 aromatic rings. The Morgan fingerprint density at radius 3 is 2.48 bits per heavy atom. The molecule has 1 heterocycles. The topological polar surface area (TPSA) is 103 Å². The summed E-state index contributed by atoms with van der Waals surface area (Å²) in [6.07, 6.45) is 3.21. The fourth-order valence-corrected chi connectivity index (χ4v) is 4.05. The van der Waals surface area contributed by atoms with Gasteiger partial charge in [-0.05, 0) is 68.0 Å². The summed E-state index contributed by atoms with van der Waals surface area (Å²) in [6, 6.07) is 13.8. The summed E-state index contributed by atoms with van der Waals surface area (Å²) in [7, 11) is 1.33. The Morgan fingerprint density at radius 2 is 1.77 bits per heavy atom. The number of methoxy groups -OCH3 is 1. The molecule has 1 saturated carbocycles. The number of benzene rings is 2. The summed E-state index contributed by atoms with van der Waals surface area (Å²) in [5.74, 6) is -0.217. The van der Waals surface area contributed by atoms with Crippen molar-refractivity contribution in [2.45, 2.75) is 32.2 Å². The minimum Gasteiger partial charge on any atom is -0.465 e. The van der Waals surface area contributed by atoms with Crippen molar-refractivity contribution < 1.29 is 14.3 Å². The monoisotopic (exact) mass is 420 g/mol. The maximum absolute atomic E-state index is 12.6. The number of aromatic nitrogens is 3. The second-order valence-corrected chi connectivity index (χ2v) is 7.87. The number of hydrogen-bond acceptors (Lipinski definition) is 6. The van der Waals surface area contributed by atoms with Crippen molar-refractivity contribution in [2.24, 2.45) is 11.8 Å². The summed E-state index contributed by atoms with van der Waals surface area (Å²) in [6.45, 7) is 0.514.